The SMILES string of the molecule is CCC[C@](C)(OC)[C@H](NC(C)=O)[C@H]1[C@H](NC=[N+](NC(=O)OC(C)(C)C)C(=O)OC(C)(C)C)CC(C(=O)OC(C)(C)C)N1C(=O)OC(C)(C)C. The maximum absolute atomic E-state index is 14.1. The van der Waals surface area contributed by atoms with Gasteiger partial charge >= 0.3 is 24.2 Å². The number of nitrogens with one attached hydrogen (secondary N) is 3. The Balaban J connectivity index is 4.02. The van der Waals surface area contributed by atoms with Gasteiger partial charge in [0.1, 0.15) is 34.5 Å². The van der Waals surface area contributed by atoms with E-state index in [4.69, 9.17) is 23.7 Å². The molecular formula is C34H62N5O10+. The van der Waals surface area contributed by atoms with Gasteiger partial charge in [-0.3, -0.25) is 15.0 Å². The van der Waals surface area contributed by atoms with E-state index >= 15 is 0 Å². The number of hydrazine groups is 1. The standard InChI is InChI=1S/C34H61N5O10/c1-17-18-34(15,45-16)25(36-21(2)40)24-22(19-23(26(41)46-30(3,4)5)39(24)29(44)49-33(12,13)14)35-20-38(28(43)48-32(9,10)11)37-27(42)47-31(6,7)8/h20,22-25H,17-19H2,1-16H3,(H2,36,37,40,42)/p+1/t22-,23?,24-,25-,34+/m1/s1. The summed E-state index contributed by atoms with van der Waals surface area (Å²) in [5.74, 6) is -1.10. The van der Waals surface area contributed by atoms with E-state index in [1.165, 1.54) is 18.9 Å². The zero-order valence-electron chi connectivity index (χ0n) is 32.5. The summed E-state index contributed by atoms with van der Waals surface area (Å²) in [5, 5.41) is 6.09. The van der Waals surface area contributed by atoms with Crippen molar-refractivity contribution >= 4 is 36.5 Å². The second kappa shape index (κ2) is 16.4. The number of rotatable bonds is 9. The number of esters is 1. The Kier molecular flexibility index (Phi) is 14.5. The van der Waals surface area contributed by atoms with Crippen molar-refractivity contribution in [3.8, 4) is 0 Å². The predicted octanol–water partition coefficient (Wildman–Crippen LogP) is 4.79. The molecule has 0 radical (unpaired) electrons. The van der Waals surface area contributed by atoms with Crippen LogP contribution in [0, 0.1) is 0 Å². The zero-order chi connectivity index (χ0) is 38.3. The lowest BCUT2D eigenvalue weighted by Crippen LogP contribution is -2.66. The highest BCUT2D eigenvalue weighted by molar-refractivity contribution is 5.84. The topological polar surface area (TPSA) is 174 Å². The Morgan fingerprint density at radius 3 is 1.76 bits per heavy atom. The first kappa shape index (κ1) is 43.4. The van der Waals surface area contributed by atoms with Gasteiger partial charge in [-0.2, -0.15) is 4.79 Å². The molecule has 4 amide bonds. The highest BCUT2D eigenvalue weighted by Gasteiger charge is 2.58. The Morgan fingerprint density at radius 2 is 1.33 bits per heavy atom. The molecule has 282 valence electrons. The molecule has 3 N–H and O–H groups in total. The van der Waals surface area contributed by atoms with Crippen LogP contribution in [-0.4, -0.2) is 105 Å². The summed E-state index contributed by atoms with van der Waals surface area (Å²) in [4.78, 5) is 68.0. The quantitative estimate of drug-likeness (QED) is 0.0754. The number of carbonyl (C=O) groups excluding carboxylic acids is 5. The molecule has 1 unspecified atom stereocenters. The summed E-state index contributed by atoms with van der Waals surface area (Å²) in [7, 11) is 1.51. The van der Waals surface area contributed by atoms with E-state index in [-0.39, 0.29) is 6.42 Å². The maximum atomic E-state index is 14.1. The number of amides is 4. The van der Waals surface area contributed by atoms with Gasteiger partial charge in [-0.25, -0.2) is 14.4 Å². The van der Waals surface area contributed by atoms with Crippen LogP contribution in [0.3, 0.4) is 0 Å². The van der Waals surface area contributed by atoms with Crippen molar-refractivity contribution in [1.29, 1.82) is 0 Å². The Hall–Kier alpha value is -3.62. The van der Waals surface area contributed by atoms with Crippen LogP contribution < -0.4 is 16.1 Å². The van der Waals surface area contributed by atoms with Gasteiger partial charge < -0.3 is 29.0 Å². The third-order valence-electron chi connectivity index (χ3n) is 7.02. The fraction of sp³-hybridized carbons (Fsp3) is 0.824. The largest absolute Gasteiger partial charge is 0.531 e. The molecule has 0 spiro atoms. The van der Waals surface area contributed by atoms with Crippen LogP contribution in [0.1, 0.15) is 123 Å². The number of hydrogen-bond acceptors (Lipinski definition) is 10. The number of nitrogens with zero attached hydrogens (tertiary/aromatic N) is 2. The molecule has 0 aromatic carbocycles. The molecule has 0 aromatic rings. The van der Waals surface area contributed by atoms with Crippen molar-refractivity contribution in [3.05, 3.63) is 0 Å². The number of methoxy groups -OCH3 is 1. The van der Waals surface area contributed by atoms with Crippen molar-refractivity contribution < 1.29 is 52.3 Å². The first-order valence-electron chi connectivity index (χ1n) is 16.7. The average molecular weight is 701 g/mol. The first-order valence-corrected chi connectivity index (χ1v) is 16.7. The lowest BCUT2D eigenvalue weighted by atomic mass is 9.83. The molecule has 0 saturated carbocycles. The summed E-state index contributed by atoms with van der Waals surface area (Å²) >= 11 is 0. The normalized spacial score (nSPS) is 20.8. The minimum absolute atomic E-state index is 0.0358. The summed E-state index contributed by atoms with van der Waals surface area (Å²) in [6.07, 6.45) is -0.456. The smallest absolute Gasteiger partial charge is 0.458 e. The van der Waals surface area contributed by atoms with Crippen molar-refractivity contribution in [3.63, 3.8) is 0 Å². The number of likely N-dealkylation sites (tertiary alicyclic amines) is 1. The zero-order valence-corrected chi connectivity index (χ0v) is 32.5. The summed E-state index contributed by atoms with van der Waals surface area (Å²) in [6.45, 7) is 25.3. The van der Waals surface area contributed by atoms with Gasteiger partial charge in [0.25, 0.3) is 6.34 Å². The average Bonchev–Trinajstić information content (AvgIpc) is 3.25. The minimum Gasteiger partial charge on any atom is -0.458 e. The molecule has 0 bridgehead atoms. The fourth-order valence-corrected chi connectivity index (χ4v) is 5.31. The molecule has 15 nitrogen and oxygen atoms in total. The van der Waals surface area contributed by atoms with Crippen molar-refractivity contribution in [2.24, 2.45) is 0 Å². The molecule has 1 aliphatic heterocycles. The van der Waals surface area contributed by atoms with E-state index in [1.54, 1.807) is 83.1 Å². The lowest BCUT2D eigenvalue weighted by Gasteiger charge is -2.44. The van der Waals surface area contributed by atoms with Crippen molar-refractivity contribution in [2.45, 2.75) is 175 Å². The number of ether oxygens (including phenoxy) is 5. The molecule has 1 saturated heterocycles. The van der Waals surface area contributed by atoms with Crippen LogP contribution in [0.15, 0.2) is 0 Å². The van der Waals surface area contributed by atoms with Gasteiger partial charge in [0.2, 0.25) is 5.91 Å². The predicted molar refractivity (Wildman–Crippen MR) is 183 cm³/mol. The van der Waals surface area contributed by atoms with Gasteiger partial charge in [0.15, 0.2) is 0 Å². The van der Waals surface area contributed by atoms with E-state index in [0.29, 0.717) is 12.8 Å². The molecule has 0 aliphatic carbocycles. The molecule has 1 aliphatic rings. The third kappa shape index (κ3) is 14.4. The Bertz CT molecular complexity index is 1230. The molecule has 0 aromatic heterocycles. The van der Waals surface area contributed by atoms with Gasteiger partial charge in [-0.15, -0.1) is 5.43 Å². The highest BCUT2D eigenvalue weighted by Crippen LogP contribution is 2.36. The van der Waals surface area contributed by atoms with E-state index in [9.17, 15) is 24.0 Å². The summed E-state index contributed by atoms with van der Waals surface area (Å²) in [5.41, 5.74) is -2.32. The van der Waals surface area contributed by atoms with E-state index in [1.807, 2.05) is 13.8 Å². The van der Waals surface area contributed by atoms with Crippen LogP contribution in [0.5, 0.6) is 0 Å². The Morgan fingerprint density at radius 1 is 0.816 bits per heavy atom. The van der Waals surface area contributed by atoms with Crippen LogP contribution in [0.4, 0.5) is 14.4 Å². The molecule has 1 heterocycles. The van der Waals surface area contributed by atoms with Crippen LogP contribution in [0.2, 0.25) is 0 Å². The minimum atomic E-state index is -1.18. The van der Waals surface area contributed by atoms with Crippen LogP contribution >= 0.6 is 0 Å². The van der Waals surface area contributed by atoms with Crippen LogP contribution in [0.25, 0.3) is 0 Å². The van der Waals surface area contributed by atoms with Gasteiger partial charge in [-0.1, -0.05) is 18.0 Å². The summed E-state index contributed by atoms with van der Waals surface area (Å²) in [6, 6.07) is -3.95. The maximum Gasteiger partial charge on any atom is 0.531 e. The molecule has 5 atom stereocenters. The van der Waals surface area contributed by atoms with Gasteiger partial charge in [0, 0.05) is 20.5 Å². The summed E-state index contributed by atoms with van der Waals surface area (Å²) < 4.78 is 29.3. The number of carbonyl (C=O) groups is 5. The number of hydrogen-bond donors (Lipinski definition) is 3. The van der Waals surface area contributed by atoms with Gasteiger partial charge in [0.05, 0.1) is 17.7 Å². The number of hydrazone groups is 1. The molecule has 15 heteroatoms. The van der Waals surface area contributed by atoms with Gasteiger partial charge in [-0.05, 0) is 96.4 Å². The first-order chi connectivity index (χ1) is 22.0. The molecular weight excluding hydrogens is 638 g/mol. The van der Waals surface area contributed by atoms with Crippen LogP contribution in [-0.2, 0) is 33.3 Å². The van der Waals surface area contributed by atoms with E-state index < -0.39 is 82.3 Å². The fourth-order valence-electron chi connectivity index (χ4n) is 5.31. The highest BCUT2D eigenvalue weighted by atomic mass is 16.6. The second-order valence-corrected chi connectivity index (χ2v) is 16.5. The lowest BCUT2D eigenvalue weighted by molar-refractivity contribution is -0.497. The van der Waals surface area contributed by atoms with Crippen molar-refractivity contribution in [2.75, 3.05) is 7.11 Å². The van der Waals surface area contributed by atoms with Crippen molar-refractivity contribution in [1.82, 2.24) is 21.0 Å². The molecule has 1 fully saturated rings. The molecule has 49 heavy (non-hydrogen) atoms. The van der Waals surface area contributed by atoms with E-state index in [2.05, 4.69) is 16.1 Å². The monoisotopic (exact) mass is 700 g/mol. The van der Waals surface area contributed by atoms with E-state index in [0.717, 1.165) is 11.0 Å². The molecule has 1 rings (SSSR count). The Labute approximate surface area is 292 Å². The third-order valence-corrected chi connectivity index (χ3v) is 7.02. The second-order valence-electron chi connectivity index (χ2n) is 16.5.